The minimum Gasteiger partial charge on any atom is -0.497 e. The molecule has 10 heteroatoms. The molecule has 1 amide bonds. The van der Waals surface area contributed by atoms with Gasteiger partial charge in [0, 0.05) is 11.6 Å². The van der Waals surface area contributed by atoms with Gasteiger partial charge in [-0.3, -0.25) is 10.2 Å². The highest BCUT2D eigenvalue weighted by Crippen LogP contribution is 2.23. The molecule has 0 aliphatic heterocycles. The number of aryl methyl sites for hydroxylation is 1. The molecule has 0 spiro atoms. The van der Waals surface area contributed by atoms with Crippen molar-refractivity contribution < 1.29 is 32.6 Å². The van der Waals surface area contributed by atoms with E-state index in [0.29, 0.717) is 22.6 Å². The molecule has 0 aromatic heterocycles. The molecule has 28 heavy (non-hydrogen) atoms. The first-order chi connectivity index (χ1) is 13.1. The minimum absolute atomic E-state index is 0.103. The van der Waals surface area contributed by atoms with E-state index in [1.54, 1.807) is 19.9 Å². The Kier molecular flexibility index (Phi) is 6.26. The summed E-state index contributed by atoms with van der Waals surface area (Å²) in [5, 5.41) is 9.15. The van der Waals surface area contributed by atoms with Crippen molar-refractivity contribution in [3.05, 3.63) is 52.6 Å². The summed E-state index contributed by atoms with van der Waals surface area (Å²) in [6, 6.07) is 6.79. The van der Waals surface area contributed by atoms with E-state index in [-0.39, 0.29) is 16.0 Å². The van der Waals surface area contributed by atoms with Gasteiger partial charge in [0.15, 0.2) is 0 Å². The molecule has 0 unspecified atom stereocenters. The zero-order valence-corrected chi connectivity index (χ0v) is 16.5. The number of sulfonamides is 1. The highest BCUT2D eigenvalue weighted by molar-refractivity contribution is 7.89. The van der Waals surface area contributed by atoms with Crippen molar-refractivity contribution in [1.82, 2.24) is 10.3 Å². The van der Waals surface area contributed by atoms with Crippen LogP contribution < -0.4 is 19.7 Å². The number of amides is 1. The molecule has 2 aromatic carbocycles. The lowest BCUT2D eigenvalue weighted by Gasteiger charge is -2.13. The first kappa shape index (κ1) is 21.2. The van der Waals surface area contributed by atoms with Gasteiger partial charge in [0.1, 0.15) is 11.5 Å². The Morgan fingerprint density at radius 3 is 2.00 bits per heavy atom. The number of benzene rings is 2. The van der Waals surface area contributed by atoms with E-state index in [0.717, 1.165) is 6.07 Å². The molecule has 0 saturated heterocycles. The number of carbonyl (C=O) groups excluding carboxylic acids is 1. The molecule has 150 valence electrons. The molecular formula is C18H20N2O7S. The summed E-state index contributed by atoms with van der Waals surface area (Å²) >= 11 is 0. The van der Waals surface area contributed by atoms with Gasteiger partial charge in [-0.2, -0.15) is 0 Å². The average Bonchev–Trinajstić information content (AvgIpc) is 2.67. The average molecular weight is 408 g/mol. The van der Waals surface area contributed by atoms with Gasteiger partial charge in [-0.25, -0.2) is 13.2 Å². The fourth-order valence-corrected chi connectivity index (χ4v) is 3.59. The van der Waals surface area contributed by atoms with E-state index in [1.165, 1.54) is 32.4 Å². The number of carboxylic acids is 1. The molecule has 2 aromatic rings. The van der Waals surface area contributed by atoms with Gasteiger partial charge >= 0.3 is 5.97 Å². The van der Waals surface area contributed by atoms with Crippen molar-refractivity contribution in [2.75, 3.05) is 14.2 Å². The van der Waals surface area contributed by atoms with Gasteiger partial charge in [0.2, 0.25) is 0 Å². The number of rotatable bonds is 7. The number of methoxy groups -OCH3 is 2. The van der Waals surface area contributed by atoms with Crippen molar-refractivity contribution >= 4 is 21.9 Å². The highest BCUT2D eigenvalue weighted by atomic mass is 32.2. The fraction of sp³-hybridized carbons (Fsp3) is 0.222. The van der Waals surface area contributed by atoms with Gasteiger partial charge in [0.05, 0.1) is 24.7 Å². The number of hydrogen-bond acceptors (Lipinski definition) is 6. The van der Waals surface area contributed by atoms with Crippen LogP contribution in [0.15, 0.2) is 35.2 Å². The third kappa shape index (κ3) is 4.59. The molecule has 0 aliphatic carbocycles. The summed E-state index contributed by atoms with van der Waals surface area (Å²) in [6.45, 7) is 3.15. The maximum Gasteiger partial charge on any atom is 0.335 e. The number of aromatic carboxylic acids is 1. The summed E-state index contributed by atoms with van der Waals surface area (Å²) < 4.78 is 35.3. The first-order valence-electron chi connectivity index (χ1n) is 7.98. The zero-order chi connectivity index (χ0) is 21.1. The Balaban J connectivity index is 2.29. The lowest BCUT2D eigenvalue weighted by Crippen LogP contribution is -2.41. The molecule has 0 bridgehead atoms. The summed E-state index contributed by atoms with van der Waals surface area (Å²) in [5.74, 6) is -1.29. The number of ether oxygens (including phenoxy) is 2. The summed E-state index contributed by atoms with van der Waals surface area (Å²) in [7, 11) is -1.38. The fourth-order valence-electron chi connectivity index (χ4n) is 2.41. The SMILES string of the molecule is COc1cc(OC)cc(C(=O)NNS(=O)(=O)c2cc(C(=O)O)cc(C)c2C)c1. The van der Waals surface area contributed by atoms with Crippen LogP contribution in [0, 0.1) is 13.8 Å². The van der Waals surface area contributed by atoms with Crippen molar-refractivity contribution in [3.63, 3.8) is 0 Å². The van der Waals surface area contributed by atoms with Crippen LogP contribution in [0.1, 0.15) is 31.8 Å². The maximum atomic E-state index is 12.6. The lowest BCUT2D eigenvalue weighted by atomic mass is 10.1. The molecule has 0 radical (unpaired) electrons. The van der Waals surface area contributed by atoms with Gasteiger partial charge in [-0.05, 0) is 49.2 Å². The number of nitrogens with one attached hydrogen (secondary N) is 2. The Morgan fingerprint density at radius 1 is 0.929 bits per heavy atom. The molecule has 0 saturated carbocycles. The van der Waals surface area contributed by atoms with E-state index in [9.17, 15) is 18.0 Å². The molecule has 0 heterocycles. The van der Waals surface area contributed by atoms with Gasteiger partial charge in [-0.1, -0.05) is 0 Å². The van der Waals surface area contributed by atoms with Crippen LogP contribution >= 0.6 is 0 Å². The third-order valence-electron chi connectivity index (χ3n) is 4.07. The van der Waals surface area contributed by atoms with Crippen LogP contribution in [0.25, 0.3) is 0 Å². The predicted octanol–water partition coefficient (Wildman–Crippen LogP) is 1.64. The van der Waals surface area contributed by atoms with Crippen molar-refractivity contribution in [3.8, 4) is 11.5 Å². The second-order valence-corrected chi connectivity index (χ2v) is 7.53. The van der Waals surface area contributed by atoms with Crippen LogP contribution in [0.2, 0.25) is 0 Å². The van der Waals surface area contributed by atoms with E-state index >= 15 is 0 Å². The lowest BCUT2D eigenvalue weighted by molar-refractivity contribution is 0.0696. The smallest absolute Gasteiger partial charge is 0.335 e. The normalized spacial score (nSPS) is 11.0. The number of carbonyl (C=O) groups is 2. The number of carboxylic acid groups (broad SMARTS) is 1. The second-order valence-electron chi connectivity index (χ2n) is 5.88. The maximum absolute atomic E-state index is 12.6. The standard InChI is InChI=1S/C18H20N2O7S/c1-10-5-13(18(22)23)8-16(11(10)2)28(24,25)20-19-17(21)12-6-14(26-3)9-15(7-12)27-4/h5-9,20H,1-4H3,(H,19,21)(H,22,23). The molecule has 0 aliphatic rings. The third-order valence-corrected chi connectivity index (χ3v) is 5.44. The molecule has 2 rings (SSSR count). The number of hydrazine groups is 1. The molecule has 9 nitrogen and oxygen atoms in total. The van der Waals surface area contributed by atoms with Gasteiger partial charge < -0.3 is 14.6 Å². The number of hydrogen-bond donors (Lipinski definition) is 3. The topological polar surface area (TPSA) is 131 Å². The summed E-state index contributed by atoms with van der Waals surface area (Å²) in [6.07, 6.45) is 0. The highest BCUT2D eigenvalue weighted by Gasteiger charge is 2.22. The zero-order valence-electron chi connectivity index (χ0n) is 15.7. The predicted molar refractivity (Wildman–Crippen MR) is 100 cm³/mol. The van der Waals surface area contributed by atoms with Crippen molar-refractivity contribution in [2.45, 2.75) is 18.7 Å². The Bertz CT molecular complexity index is 1010. The molecule has 0 fully saturated rings. The van der Waals surface area contributed by atoms with Crippen LogP contribution in [0.4, 0.5) is 0 Å². The van der Waals surface area contributed by atoms with E-state index < -0.39 is 21.9 Å². The largest absolute Gasteiger partial charge is 0.497 e. The van der Waals surface area contributed by atoms with Crippen LogP contribution in [0.3, 0.4) is 0 Å². The summed E-state index contributed by atoms with van der Waals surface area (Å²) in [5.41, 5.74) is 2.89. The van der Waals surface area contributed by atoms with Crippen molar-refractivity contribution in [1.29, 1.82) is 0 Å². The van der Waals surface area contributed by atoms with E-state index in [4.69, 9.17) is 14.6 Å². The monoisotopic (exact) mass is 408 g/mol. The van der Waals surface area contributed by atoms with Crippen molar-refractivity contribution in [2.24, 2.45) is 0 Å². The molecular weight excluding hydrogens is 388 g/mol. The van der Waals surface area contributed by atoms with E-state index in [1.807, 2.05) is 4.83 Å². The van der Waals surface area contributed by atoms with Crippen LogP contribution in [-0.2, 0) is 10.0 Å². The molecule has 3 N–H and O–H groups in total. The van der Waals surface area contributed by atoms with Crippen LogP contribution in [-0.4, -0.2) is 39.6 Å². The minimum atomic E-state index is -4.21. The van der Waals surface area contributed by atoms with Gasteiger partial charge in [-0.15, -0.1) is 4.83 Å². The Hall–Kier alpha value is -3.11. The van der Waals surface area contributed by atoms with Crippen LogP contribution in [0.5, 0.6) is 11.5 Å². The molecule has 0 atom stereocenters. The Labute approximate surface area is 162 Å². The quantitative estimate of drug-likeness (QED) is 0.594. The second kappa shape index (κ2) is 8.28. The Morgan fingerprint density at radius 2 is 1.50 bits per heavy atom. The van der Waals surface area contributed by atoms with Gasteiger partial charge in [0.25, 0.3) is 15.9 Å². The first-order valence-corrected chi connectivity index (χ1v) is 9.47. The summed E-state index contributed by atoms with van der Waals surface area (Å²) in [4.78, 5) is 25.3. The van der Waals surface area contributed by atoms with E-state index in [2.05, 4.69) is 5.43 Å².